The number of carbonyl (C=O) groups excluding carboxylic acids is 1. The van der Waals surface area contributed by atoms with Gasteiger partial charge in [0.05, 0.1) is 10.7 Å². The van der Waals surface area contributed by atoms with Crippen molar-refractivity contribution in [1.82, 2.24) is 15.3 Å². The molecule has 0 saturated carbocycles. The van der Waals surface area contributed by atoms with Crippen molar-refractivity contribution >= 4 is 17.7 Å². The fraction of sp³-hybridized carbons (Fsp3) is 0.560. The molecule has 1 amide bonds. The summed E-state index contributed by atoms with van der Waals surface area (Å²) in [6, 6.07) is 7.59. The van der Waals surface area contributed by atoms with Crippen molar-refractivity contribution in [3.8, 4) is 17.0 Å². The van der Waals surface area contributed by atoms with Crippen LogP contribution in [0.4, 0.5) is 4.79 Å². The number of para-hydroxylation sites is 1. The molecule has 1 heterocycles. The fourth-order valence-electron chi connectivity index (χ4n) is 3.42. The number of alkyl carbamates (subject to hydrolysis) is 1. The molecule has 176 valence electrons. The van der Waals surface area contributed by atoms with E-state index in [1.807, 2.05) is 65.8 Å². The van der Waals surface area contributed by atoms with Gasteiger partial charge < -0.3 is 14.8 Å². The average molecular weight is 462 g/mol. The molecule has 32 heavy (non-hydrogen) atoms. The van der Waals surface area contributed by atoms with Gasteiger partial charge in [0.15, 0.2) is 0 Å². The predicted molar refractivity (Wildman–Crippen MR) is 129 cm³/mol. The van der Waals surface area contributed by atoms with Gasteiger partial charge in [0.2, 0.25) is 0 Å². The standard InChI is InChI=1S/C25H36ClN3O3/c1-16(2)13-25(8,32-23(30)29-24(5,6)7)15-31-20-12-10-9-11-18(20)21-19(26)14-27-22(28-21)17(3)4/h9-12,14,16-17H,13,15H2,1-8H3,(H,29,30)/t25-/m0/s1. The third-order valence-corrected chi connectivity index (χ3v) is 4.89. The number of amides is 1. The predicted octanol–water partition coefficient (Wildman–Crippen LogP) is 6.63. The molecule has 1 aromatic heterocycles. The number of nitrogens with zero attached hydrogens (tertiary/aromatic N) is 2. The number of hydrogen-bond donors (Lipinski definition) is 1. The lowest BCUT2D eigenvalue weighted by atomic mass is 9.95. The Bertz CT molecular complexity index is 925. The minimum absolute atomic E-state index is 0.170. The lowest BCUT2D eigenvalue weighted by Crippen LogP contribution is -2.47. The molecule has 0 aliphatic carbocycles. The van der Waals surface area contributed by atoms with Gasteiger partial charge in [-0.2, -0.15) is 0 Å². The Morgan fingerprint density at radius 1 is 1.12 bits per heavy atom. The van der Waals surface area contributed by atoms with Crippen LogP contribution >= 0.6 is 11.6 Å². The second kappa shape index (κ2) is 10.5. The minimum atomic E-state index is -0.810. The highest BCUT2D eigenvalue weighted by molar-refractivity contribution is 6.33. The SMILES string of the molecule is CC(C)C[C@@](C)(COc1ccccc1-c1nc(C(C)C)ncc1Cl)OC(=O)NC(C)(C)C. The van der Waals surface area contributed by atoms with Crippen molar-refractivity contribution in [2.75, 3.05) is 6.61 Å². The number of benzene rings is 1. The van der Waals surface area contributed by atoms with Gasteiger partial charge in [-0.3, -0.25) is 0 Å². The molecular formula is C25H36ClN3O3. The van der Waals surface area contributed by atoms with Crippen LogP contribution in [0.1, 0.15) is 73.6 Å². The van der Waals surface area contributed by atoms with E-state index < -0.39 is 11.7 Å². The molecule has 2 rings (SSSR count). The fourth-order valence-corrected chi connectivity index (χ4v) is 3.61. The smallest absolute Gasteiger partial charge is 0.408 e. The first-order valence-electron chi connectivity index (χ1n) is 11.1. The summed E-state index contributed by atoms with van der Waals surface area (Å²) >= 11 is 6.44. The van der Waals surface area contributed by atoms with Gasteiger partial charge in [-0.1, -0.05) is 51.4 Å². The second-order valence-corrected chi connectivity index (χ2v) is 10.6. The van der Waals surface area contributed by atoms with Crippen LogP contribution in [0.15, 0.2) is 30.5 Å². The number of carbonyl (C=O) groups is 1. The molecule has 1 aromatic carbocycles. The summed E-state index contributed by atoms with van der Waals surface area (Å²) in [4.78, 5) is 21.5. The normalized spacial score (nSPS) is 13.7. The van der Waals surface area contributed by atoms with E-state index in [1.165, 1.54) is 0 Å². The molecule has 7 heteroatoms. The number of nitrogens with one attached hydrogen (secondary N) is 1. The van der Waals surface area contributed by atoms with Crippen LogP contribution in [-0.4, -0.2) is 33.8 Å². The summed E-state index contributed by atoms with van der Waals surface area (Å²) in [7, 11) is 0. The molecule has 6 nitrogen and oxygen atoms in total. The molecule has 0 bridgehead atoms. The van der Waals surface area contributed by atoms with Gasteiger partial charge in [-0.15, -0.1) is 0 Å². The van der Waals surface area contributed by atoms with E-state index in [1.54, 1.807) is 6.20 Å². The van der Waals surface area contributed by atoms with Crippen molar-refractivity contribution in [1.29, 1.82) is 0 Å². The quantitative estimate of drug-likeness (QED) is 0.477. The third kappa shape index (κ3) is 7.66. The highest BCUT2D eigenvalue weighted by Crippen LogP contribution is 2.35. The Kier molecular flexibility index (Phi) is 8.52. The van der Waals surface area contributed by atoms with Gasteiger partial charge in [-0.05, 0) is 52.2 Å². The summed E-state index contributed by atoms with van der Waals surface area (Å²) in [5.41, 5.74) is 0.196. The molecule has 0 radical (unpaired) electrons. The number of hydrogen-bond acceptors (Lipinski definition) is 5. The summed E-state index contributed by atoms with van der Waals surface area (Å²) < 4.78 is 12.1. The molecule has 1 N–H and O–H groups in total. The lowest BCUT2D eigenvalue weighted by Gasteiger charge is -2.33. The van der Waals surface area contributed by atoms with Crippen LogP contribution in [-0.2, 0) is 4.74 Å². The summed E-state index contributed by atoms with van der Waals surface area (Å²) in [6.45, 7) is 16.1. The van der Waals surface area contributed by atoms with Crippen LogP contribution in [0, 0.1) is 5.92 Å². The maximum atomic E-state index is 12.5. The van der Waals surface area contributed by atoms with E-state index >= 15 is 0 Å². The van der Waals surface area contributed by atoms with Crippen molar-refractivity contribution in [3.63, 3.8) is 0 Å². The number of aromatic nitrogens is 2. The highest BCUT2D eigenvalue weighted by atomic mass is 35.5. The van der Waals surface area contributed by atoms with Crippen molar-refractivity contribution in [2.45, 2.75) is 78.9 Å². The zero-order valence-electron chi connectivity index (χ0n) is 20.5. The van der Waals surface area contributed by atoms with Crippen LogP contribution in [0.25, 0.3) is 11.3 Å². The van der Waals surface area contributed by atoms with Gasteiger partial charge in [-0.25, -0.2) is 14.8 Å². The van der Waals surface area contributed by atoms with Gasteiger partial charge in [0.25, 0.3) is 0 Å². The molecule has 0 unspecified atom stereocenters. The van der Waals surface area contributed by atoms with Crippen molar-refractivity contribution in [2.24, 2.45) is 5.92 Å². The lowest BCUT2D eigenvalue weighted by molar-refractivity contribution is -0.0248. The largest absolute Gasteiger partial charge is 0.489 e. The Hall–Kier alpha value is -2.34. The first-order chi connectivity index (χ1) is 14.8. The molecule has 0 spiro atoms. The van der Waals surface area contributed by atoms with E-state index in [2.05, 4.69) is 29.1 Å². The zero-order valence-corrected chi connectivity index (χ0v) is 21.2. The maximum Gasteiger partial charge on any atom is 0.408 e. The van der Waals surface area contributed by atoms with Gasteiger partial charge in [0, 0.05) is 23.2 Å². The van der Waals surface area contributed by atoms with E-state index in [0.29, 0.717) is 34.6 Å². The minimum Gasteiger partial charge on any atom is -0.489 e. The Morgan fingerprint density at radius 2 is 1.78 bits per heavy atom. The molecule has 0 fully saturated rings. The van der Waals surface area contributed by atoms with E-state index in [-0.39, 0.29) is 18.1 Å². The van der Waals surface area contributed by atoms with Crippen LogP contribution < -0.4 is 10.1 Å². The van der Waals surface area contributed by atoms with E-state index in [9.17, 15) is 4.79 Å². The third-order valence-electron chi connectivity index (χ3n) is 4.61. The summed E-state index contributed by atoms with van der Waals surface area (Å²) in [6.07, 6.45) is 1.81. The Morgan fingerprint density at radius 3 is 2.38 bits per heavy atom. The summed E-state index contributed by atoms with van der Waals surface area (Å²) in [5.74, 6) is 1.82. The second-order valence-electron chi connectivity index (χ2n) is 10.2. The maximum absolute atomic E-state index is 12.5. The number of rotatable bonds is 8. The van der Waals surface area contributed by atoms with Crippen LogP contribution in [0.2, 0.25) is 5.02 Å². The van der Waals surface area contributed by atoms with E-state index in [4.69, 9.17) is 21.1 Å². The van der Waals surface area contributed by atoms with Crippen LogP contribution in [0.5, 0.6) is 5.75 Å². The summed E-state index contributed by atoms with van der Waals surface area (Å²) in [5, 5.41) is 3.31. The number of ether oxygens (including phenoxy) is 2. The van der Waals surface area contributed by atoms with Crippen molar-refractivity contribution in [3.05, 3.63) is 41.3 Å². The van der Waals surface area contributed by atoms with Gasteiger partial charge in [0.1, 0.15) is 23.8 Å². The molecule has 0 aliphatic heterocycles. The monoisotopic (exact) mass is 461 g/mol. The van der Waals surface area contributed by atoms with Gasteiger partial charge >= 0.3 is 6.09 Å². The number of halogens is 1. The first kappa shape index (κ1) is 25.9. The first-order valence-corrected chi connectivity index (χ1v) is 11.4. The molecular weight excluding hydrogens is 426 g/mol. The zero-order chi connectivity index (χ0) is 24.1. The Labute approximate surface area is 197 Å². The average Bonchev–Trinajstić information content (AvgIpc) is 2.64. The van der Waals surface area contributed by atoms with E-state index in [0.717, 1.165) is 5.56 Å². The molecule has 1 atom stereocenters. The molecule has 0 aliphatic rings. The van der Waals surface area contributed by atoms with Crippen LogP contribution in [0.3, 0.4) is 0 Å². The molecule has 0 saturated heterocycles. The molecule has 2 aromatic rings. The topological polar surface area (TPSA) is 73.3 Å². The Balaban J connectivity index is 2.30. The highest BCUT2D eigenvalue weighted by Gasteiger charge is 2.32. The van der Waals surface area contributed by atoms with Crippen molar-refractivity contribution < 1.29 is 14.3 Å².